The SMILES string of the molecule is Cc1cccc(N2CCN(C(=O)CCc3nnc4n(Cc5ccccc5)c(=O)c5ccccc5n34)C[C@H]2C)c1. The minimum absolute atomic E-state index is 0.0996. The number of hydrogen-bond donors (Lipinski definition) is 0. The van der Waals surface area contributed by atoms with Gasteiger partial charge in [0.05, 0.1) is 17.4 Å². The summed E-state index contributed by atoms with van der Waals surface area (Å²) in [6, 6.07) is 26.1. The van der Waals surface area contributed by atoms with E-state index in [1.807, 2.05) is 63.9 Å². The Morgan fingerprint density at radius 3 is 2.54 bits per heavy atom. The van der Waals surface area contributed by atoms with E-state index >= 15 is 0 Å². The fourth-order valence-electron chi connectivity index (χ4n) is 5.64. The fourth-order valence-corrected chi connectivity index (χ4v) is 5.64. The Hall–Kier alpha value is -4.46. The summed E-state index contributed by atoms with van der Waals surface area (Å²) in [5.74, 6) is 1.29. The van der Waals surface area contributed by atoms with Gasteiger partial charge in [0.25, 0.3) is 5.56 Å². The third-order valence-corrected chi connectivity index (χ3v) is 7.63. The van der Waals surface area contributed by atoms with E-state index in [9.17, 15) is 9.59 Å². The highest BCUT2D eigenvalue weighted by Crippen LogP contribution is 2.22. The molecule has 8 nitrogen and oxygen atoms in total. The number of carbonyl (C=O) groups is 1. The second-order valence-corrected chi connectivity index (χ2v) is 10.4. The van der Waals surface area contributed by atoms with E-state index in [2.05, 4.69) is 53.2 Å². The van der Waals surface area contributed by atoms with Gasteiger partial charge in [0.1, 0.15) is 5.82 Å². The van der Waals surface area contributed by atoms with Crippen LogP contribution in [0.3, 0.4) is 0 Å². The number of para-hydroxylation sites is 1. The molecule has 0 aliphatic carbocycles. The lowest BCUT2D eigenvalue weighted by molar-refractivity contribution is -0.131. The zero-order valence-electron chi connectivity index (χ0n) is 22.3. The third-order valence-electron chi connectivity index (χ3n) is 7.63. The number of rotatable bonds is 6. The molecule has 1 saturated heterocycles. The van der Waals surface area contributed by atoms with Crippen LogP contribution in [0.15, 0.2) is 83.7 Å². The maximum Gasteiger partial charge on any atom is 0.263 e. The van der Waals surface area contributed by atoms with Gasteiger partial charge in [0.15, 0.2) is 0 Å². The van der Waals surface area contributed by atoms with Crippen molar-refractivity contribution >= 4 is 28.3 Å². The topological polar surface area (TPSA) is 75.7 Å². The quantitative estimate of drug-likeness (QED) is 0.337. The van der Waals surface area contributed by atoms with Crippen molar-refractivity contribution in [2.75, 3.05) is 24.5 Å². The first kappa shape index (κ1) is 24.9. The lowest BCUT2D eigenvalue weighted by Crippen LogP contribution is -2.53. The second-order valence-electron chi connectivity index (χ2n) is 10.4. The summed E-state index contributed by atoms with van der Waals surface area (Å²) >= 11 is 0. The van der Waals surface area contributed by atoms with Crippen molar-refractivity contribution in [3.63, 3.8) is 0 Å². The average Bonchev–Trinajstić information content (AvgIpc) is 3.38. The zero-order valence-corrected chi connectivity index (χ0v) is 22.3. The van der Waals surface area contributed by atoms with Crippen LogP contribution in [0.5, 0.6) is 0 Å². The molecular weight excluding hydrogens is 488 g/mol. The van der Waals surface area contributed by atoms with Crippen LogP contribution < -0.4 is 10.5 Å². The van der Waals surface area contributed by atoms with Crippen LogP contribution in [-0.2, 0) is 17.8 Å². The summed E-state index contributed by atoms with van der Waals surface area (Å²) in [7, 11) is 0. The smallest absolute Gasteiger partial charge is 0.263 e. The van der Waals surface area contributed by atoms with Gasteiger partial charge in [-0.1, -0.05) is 54.6 Å². The molecule has 1 aliphatic rings. The van der Waals surface area contributed by atoms with Gasteiger partial charge in [-0.3, -0.25) is 18.6 Å². The van der Waals surface area contributed by atoms with Crippen molar-refractivity contribution in [1.82, 2.24) is 24.1 Å². The van der Waals surface area contributed by atoms with E-state index in [1.54, 1.807) is 4.57 Å². The zero-order chi connectivity index (χ0) is 26.9. The van der Waals surface area contributed by atoms with Crippen LogP contribution >= 0.6 is 0 Å². The molecular formula is C31H32N6O2. The summed E-state index contributed by atoms with van der Waals surface area (Å²) in [5.41, 5.74) is 4.11. The Morgan fingerprint density at radius 1 is 0.949 bits per heavy atom. The molecule has 2 aromatic heterocycles. The average molecular weight is 521 g/mol. The van der Waals surface area contributed by atoms with Gasteiger partial charge in [-0.15, -0.1) is 10.2 Å². The van der Waals surface area contributed by atoms with Crippen molar-refractivity contribution in [2.45, 2.75) is 39.3 Å². The van der Waals surface area contributed by atoms with Gasteiger partial charge in [-0.25, -0.2) is 0 Å². The highest BCUT2D eigenvalue weighted by Gasteiger charge is 2.27. The first-order valence-corrected chi connectivity index (χ1v) is 13.5. The molecule has 0 bridgehead atoms. The number of aryl methyl sites for hydroxylation is 2. The Morgan fingerprint density at radius 2 is 1.74 bits per heavy atom. The van der Waals surface area contributed by atoms with E-state index in [1.165, 1.54) is 11.3 Å². The van der Waals surface area contributed by atoms with Gasteiger partial charge in [0.2, 0.25) is 11.7 Å². The van der Waals surface area contributed by atoms with Crippen LogP contribution in [-0.4, -0.2) is 55.6 Å². The number of fused-ring (bicyclic) bond motifs is 3. The van der Waals surface area contributed by atoms with Gasteiger partial charge in [0, 0.05) is 44.2 Å². The van der Waals surface area contributed by atoms with E-state index < -0.39 is 0 Å². The Balaban J connectivity index is 1.23. The lowest BCUT2D eigenvalue weighted by atomic mass is 10.1. The molecule has 39 heavy (non-hydrogen) atoms. The molecule has 3 heterocycles. The van der Waals surface area contributed by atoms with Gasteiger partial charge >= 0.3 is 0 Å². The van der Waals surface area contributed by atoms with Crippen molar-refractivity contribution in [2.24, 2.45) is 0 Å². The van der Waals surface area contributed by atoms with E-state index in [-0.39, 0.29) is 17.5 Å². The highest BCUT2D eigenvalue weighted by molar-refractivity contribution is 5.81. The first-order chi connectivity index (χ1) is 19.0. The monoisotopic (exact) mass is 520 g/mol. The number of anilines is 1. The molecule has 1 fully saturated rings. The summed E-state index contributed by atoms with van der Waals surface area (Å²) < 4.78 is 3.60. The first-order valence-electron chi connectivity index (χ1n) is 13.5. The predicted octanol–water partition coefficient (Wildman–Crippen LogP) is 4.07. The van der Waals surface area contributed by atoms with Crippen LogP contribution in [0.2, 0.25) is 0 Å². The molecule has 0 spiro atoms. The molecule has 0 radical (unpaired) electrons. The molecule has 0 saturated carbocycles. The Labute approximate surface area is 227 Å². The van der Waals surface area contributed by atoms with Gasteiger partial charge in [-0.05, 0) is 49.2 Å². The summed E-state index contributed by atoms with van der Waals surface area (Å²) in [6.07, 6.45) is 0.782. The Bertz CT molecular complexity index is 1710. The van der Waals surface area contributed by atoms with Gasteiger partial charge < -0.3 is 9.80 Å². The van der Waals surface area contributed by atoms with Crippen LogP contribution in [0.1, 0.15) is 30.3 Å². The molecule has 6 rings (SSSR count). The number of amides is 1. The molecule has 5 aromatic rings. The number of hydrogen-bond acceptors (Lipinski definition) is 5. The highest BCUT2D eigenvalue weighted by atomic mass is 16.2. The van der Waals surface area contributed by atoms with Crippen molar-refractivity contribution < 1.29 is 4.79 Å². The maximum atomic E-state index is 13.4. The maximum absolute atomic E-state index is 13.4. The molecule has 0 N–H and O–H groups in total. The van der Waals surface area contributed by atoms with Gasteiger partial charge in [-0.2, -0.15) is 0 Å². The predicted molar refractivity (Wildman–Crippen MR) is 153 cm³/mol. The molecule has 1 amide bonds. The molecule has 0 unspecified atom stereocenters. The van der Waals surface area contributed by atoms with Crippen molar-refractivity contribution in [3.8, 4) is 0 Å². The molecule has 1 atom stereocenters. The van der Waals surface area contributed by atoms with E-state index in [4.69, 9.17) is 0 Å². The van der Waals surface area contributed by atoms with Crippen LogP contribution in [0.25, 0.3) is 16.7 Å². The standard InChI is InChI=1S/C31H32N6O2/c1-22-9-8-12-25(19-22)35-18-17-34(20-23(35)2)29(38)16-15-28-32-33-31-36(21-24-10-4-3-5-11-24)30(39)26-13-6-7-14-27(26)37(28)31/h3-14,19,23H,15-18,20-21H2,1-2H3/t23-/m1/s1. The van der Waals surface area contributed by atoms with Crippen molar-refractivity contribution in [1.29, 1.82) is 0 Å². The normalized spacial score (nSPS) is 15.8. The van der Waals surface area contributed by atoms with E-state index in [0.29, 0.717) is 49.5 Å². The number of aromatic nitrogens is 4. The third kappa shape index (κ3) is 4.78. The fraction of sp³-hybridized carbons (Fsp3) is 0.290. The van der Waals surface area contributed by atoms with E-state index in [0.717, 1.165) is 17.6 Å². The number of carbonyl (C=O) groups excluding carboxylic acids is 1. The van der Waals surface area contributed by atoms with Crippen LogP contribution in [0, 0.1) is 6.92 Å². The Kier molecular flexibility index (Phi) is 6.60. The molecule has 8 heteroatoms. The minimum Gasteiger partial charge on any atom is -0.365 e. The summed E-state index contributed by atoms with van der Waals surface area (Å²) in [4.78, 5) is 31.1. The van der Waals surface area contributed by atoms with Crippen molar-refractivity contribution in [3.05, 3.63) is 106 Å². The lowest BCUT2D eigenvalue weighted by Gasteiger charge is -2.41. The summed E-state index contributed by atoms with van der Waals surface area (Å²) in [6.45, 7) is 6.86. The van der Waals surface area contributed by atoms with Crippen LogP contribution in [0.4, 0.5) is 5.69 Å². The molecule has 198 valence electrons. The second kappa shape index (κ2) is 10.4. The number of nitrogens with zero attached hydrogens (tertiary/aromatic N) is 6. The largest absolute Gasteiger partial charge is 0.365 e. The minimum atomic E-state index is -0.0996. The number of piperazine rings is 1. The number of benzene rings is 3. The summed E-state index contributed by atoms with van der Waals surface area (Å²) in [5, 5.41) is 9.48. The molecule has 3 aromatic carbocycles. The molecule has 1 aliphatic heterocycles.